The minimum Gasteiger partial charge on any atom is -0.331 e. The Morgan fingerprint density at radius 3 is 2.07 bits per heavy atom. The average molecular weight is 415 g/mol. The van der Waals surface area contributed by atoms with Gasteiger partial charge in [-0.15, -0.1) is 0 Å². The van der Waals surface area contributed by atoms with Crippen LogP contribution < -0.4 is 0 Å². The molecule has 0 N–H and O–H groups in total. The second kappa shape index (κ2) is 4.74. The molecule has 82 valence electrons. The molecule has 0 aliphatic heterocycles. The van der Waals surface area contributed by atoms with Crippen LogP contribution in [0.2, 0.25) is 19.6 Å². The van der Waals surface area contributed by atoms with Gasteiger partial charge < -0.3 is 4.57 Å². The lowest BCUT2D eigenvalue weighted by Gasteiger charge is -2.18. The number of nitriles is 1. The molecule has 0 aliphatic carbocycles. The molecule has 1 aromatic heterocycles. The van der Waals surface area contributed by atoms with Gasteiger partial charge in [0.1, 0.15) is 15.3 Å². The molecule has 0 bridgehead atoms. The first-order valence-electron chi connectivity index (χ1n) is 4.41. The lowest BCUT2D eigenvalue weighted by molar-refractivity contribution is 0.817. The molecule has 0 saturated heterocycles. The molecule has 0 spiro atoms. The van der Waals surface area contributed by atoms with Crippen LogP contribution in [0.5, 0.6) is 0 Å². The fraction of sp³-hybridized carbons (Fsp3) is 0.444. The van der Waals surface area contributed by atoms with Crippen LogP contribution in [0.4, 0.5) is 0 Å². The number of nitrogens with zero attached hydrogens (tertiary/aromatic N) is 2. The van der Waals surface area contributed by atoms with Gasteiger partial charge in [0.05, 0.1) is 18.1 Å². The minimum absolute atomic E-state index is 0.653. The maximum Gasteiger partial charge on any atom is 0.104 e. The molecular formula is C9H11Br3N2Si. The van der Waals surface area contributed by atoms with E-state index in [-0.39, 0.29) is 0 Å². The molecule has 0 atom stereocenters. The molecule has 0 unspecified atom stereocenters. The highest BCUT2D eigenvalue weighted by molar-refractivity contribution is 9.13. The van der Waals surface area contributed by atoms with E-state index in [0.717, 1.165) is 19.8 Å². The normalized spacial score (nSPS) is 11.5. The third-order valence-electron chi connectivity index (χ3n) is 1.83. The standard InChI is InChI=1S/C9H11Br3N2Si/c1-15(2,3)5-14-8(11)6(4-13)7(10)9(14)12/h5H2,1-3H3. The fourth-order valence-corrected chi connectivity index (χ4v) is 5.05. The van der Waals surface area contributed by atoms with Crippen LogP contribution in [-0.4, -0.2) is 12.6 Å². The lowest BCUT2D eigenvalue weighted by atomic mass is 10.4. The third kappa shape index (κ3) is 2.96. The van der Waals surface area contributed by atoms with Crippen molar-refractivity contribution in [1.82, 2.24) is 4.57 Å². The first-order valence-corrected chi connectivity index (χ1v) is 10.5. The summed E-state index contributed by atoms with van der Waals surface area (Å²) >= 11 is 10.4. The number of rotatable bonds is 2. The molecule has 0 saturated carbocycles. The van der Waals surface area contributed by atoms with Crippen molar-refractivity contribution in [3.8, 4) is 6.07 Å². The van der Waals surface area contributed by atoms with Crippen molar-refractivity contribution in [1.29, 1.82) is 5.26 Å². The second-order valence-corrected chi connectivity index (χ2v) is 12.3. The molecule has 1 heterocycles. The topological polar surface area (TPSA) is 28.7 Å². The van der Waals surface area contributed by atoms with Crippen LogP contribution in [-0.2, 0) is 6.17 Å². The smallest absolute Gasteiger partial charge is 0.104 e. The largest absolute Gasteiger partial charge is 0.331 e. The number of halogens is 3. The van der Waals surface area contributed by atoms with Gasteiger partial charge in [0.25, 0.3) is 0 Å². The summed E-state index contributed by atoms with van der Waals surface area (Å²) in [5, 5.41) is 9.00. The maximum absolute atomic E-state index is 9.00. The molecular weight excluding hydrogens is 404 g/mol. The highest BCUT2D eigenvalue weighted by Crippen LogP contribution is 2.36. The van der Waals surface area contributed by atoms with E-state index >= 15 is 0 Å². The van der Waals surface area contributed by atoms with Crippen LogP contribution in [0, 0.1) is 11.3 Å². The Morgan fingerprint density at radius 2 is 1.73 bits per heavy atom. The van der Waals surface area contributed by atoms with Crippen molar-refractivity contribution in [2.45, 2.75) is 25.8 Å². The van der Waals surface area contributed by atoms with Crippen molar-refractivity contribution in [3.63, 3.8) is 0 Å². The highest BCUT2D eigenvalue weighted by atomic mass is 79.9. The summed E-state index contributed by atoms with van der Waals surface area (Å²) in [5.41, 5.74) is 0.653. The van der Waals surface area contributed by atoms with E-state index in [1.165, 1.54) is 0 Å². The Balaban J connectivity index is 3.27. The van der Waals surface area contributed by atoms with E-state index < -0.39 is 8.07 Å². The van der Waals surface area contributed by atoms with Crippen LogP contribution in [0.15, 0.2) is 13.7 Å². The van der Waals surface area contributed by atoms with Gasteiger partial charge in [-0.25, -0.2) is 0 Å². The Bertz CT molecular complexity index is 426. The first-order chi connectivity index (χ1) is 6.78. The molecule has 2 nitrogen and oxygen atoms in total. The summed E-state index contributed by atoms with van der Waals surface area (Å²) in [5.74, 6) is 0. The zero-order valence-corrected chi connectivity index (χ0v) is 14.5. The third-order valence-corrected chi connectivity index (χ3v) is 6.04. The molecule has 0 aromatic carbocycles. The average Bonchev–Trinajstić information content (AvgIpc) is 2.28. The molecule has 0 aliphatic rings. The number of hydrogen-bond donors (Lipinski definition) is 0. The van der Waals surface area contributed by atoms with Crippen LogP contribution in [0.1, 0.15) is 5.56 Å². The Morgan fingerprint density at radius 1 is 1.20 bits per heavy atom. The summed E-state index contributed by atoms with van der Waals surface area (Å²) < 4.78 is 4.73. The Hall–Kier alpha value is 0.427. The van der Waals surface area contributed by atoms with Gasteiger partial charge in [0.2, 0.25) is 0 Å². The summed E-state index contributed by atoms with van der Waals surface area (Å²) in [6.45, 7) is 6.89. The van der Waals surface area contributed by atoms with E-state index in [1.807, 2.05) is 0 Å². The van der Waals surface area contributed by atoms with Crippen molar-refractivity contribution in [3.05, 3.63) is 19.2 Å². The predicted molar refractivity (Wildman–Crippen MR) is 75.6 cm³/mol. The summed E-state index contributed by atoms with van der Waals surface area (Å²) in [7, 11) is -1.21. The lowest BCUT2D eigenvalue weighted by Crippen LogP contribution is -2.28. The fourth-order valence-electron chi connectivity index (χ4n) is 1.24. The van der Waals surface area contributed by atoms with E-state index in [9.17, 15) is 0 Å². The molecule has 1 aromatic rings. The van der Waals surface area contributed by atoms with Crippen LogP contribution in [0.3, 0.4) is 0 Å². The quantitative estimate of drug-likeness (QED) is 0.654. The van der Waals surface area contributed by atoms with Crippen LogP contribution in [0.25, 0.3) is 0 Å². The van der Waals surface area contributed by atoms with Gasteiger partial charge in [0, 0.05) is 6.17 Å². The number of aromatic nitrogens is 1. The summed E-state index contributed by atoms with van der Waals surface area (Å²) in [6, 6.07) is 2.18. The molecule has 6 heteroatoms. The molecule has 0 fully saturated rings. The predicted octanol–water partition coefficient (Wildman–Crippen LogP) is 4.52. The van der Waals surface area contributed by atoms with Gasteiger partial charge in [0.15, 0.2) is 0 Å². The summed E-state index contributed by atoms with van der Waals surface area (Å²) in [4.78, 5) is 0. The van der Waals surface area contributed by atoms with Gasteiger partial charge in [-0.1, -0.05) is 19.6 Å². The first kappa shape index (κ1) is 13.5. The molecule has 1 rings (SSSR count). The van der Waals surface area contributed by atoms with Gasteiger partial charge in [-0.3, -0.25) is 0 Å². The minimum atomic E-state index is -1.21. The van der Waals surface area contributed by atoms with E-state index in [0.29, 0.717) is 5.56 Å². The monoisotopic (exact) mass is 412 g/mol. The maximum atomic E-state index is 9.00. The SMILES string of the molecule is C[Si](C)(C)Cn1c(Br)c(Br)c(C#N)c1Br. The molecule has 0 amide bonds. The van der Waals surface area contributed by atoms with E-state index in [4.69, 9.17) is 5.26 Å². The van der Waals surface area contributed by atoms with E-state index in [1.54, 1.807) is 0 Å². The van der Waals surface area contributed by atoms with Crippen molar-refractivity contribution in [2.24, 2.45) is 0 Å². The van der Waals surface area contributed by atoms with Crippen molar-refractivity contribution >= 4 is 55.9 Å². The Kier molecular flexibility index (Phi) is 4.26. The zero-order valence-electron chi connectivity index (χ0n) is 8.74. The van der Waals surface area contributed by atoms with Gasteiger partial charge in [-0.05, 0) is 47.8 Å². The van der Waals surface area contributed by atoms with E-state index in [2.05, 4.69) is 78.1 Å². The van der Waals surface area contributed by atoms with Gasteiger partial charge >= 0.3 is 0 Å². The highest BCUT2D eigenvalue weighted by Gasteiger charge is 2.22. The van der Waals surface area contributed by atoms with Crippen molar-refractivity contribution < 1.29 is 0 Å². The van der Waals surface area contributed by atoms with Gasteiger partial charge in [-0.2, -0.15) is 5.26 Å². The second-order valence-electron chi connectivity index (χ2n) is 4.53. The van der Waals surface area contributed by atoms with Crippen molar-refractivity contribution in [2.75, 3.05) is 0 Å². The number of hydrogen-bond acceptors (Lipinski definition) is 1. The Labute approximate surface area is 116 Å². The van der Waals surface area contributed by atoms with Crippen LogP contribution >= 0.6 is 47.8 Å². The summed E-state index contributed by atoms with van der Waals surface area (Å²) in [6.07, 6.45) is 0.981. The zero-order chi connectivity index (χ0) is 11.8. The molecule has 0 radical (unpaired) electrons. The molecule has 15 heavy (non-hydrogen) atoms.